The van der Waals surface area contributed by atoms with Crippen LogP contribution in [0.3, 0.4) is 0 Å². The van der Waals surface area contributed by atoms with Gasteiger partial charge in [0.25, 0.3) is 0 Å². The zero-order valence-corrected chi connectivity index (χ0v) is 26.7. The number of guanidine groups is 4. The van der Waals surface area contributed by atoms with Gasteiger partial charge in [0.1, 0.15) is 18.3 Å². The van der Waals surface area contributed by atoms with Gasteiger partial charge in [0.15, 0.2) is 12.4 Å². The molecular formula is C28H40Cl2N10O7. The number of nitrogens with zero attached hydrogens (tertiary/aromatic N) is 4. The van der Waals surface area contributed by atoms with Gasteiger partial charge in [0.05, 0.1) is 0 Å². The molecular weight excluding hydrogens is 659 g/mol. The minimum absolute atomic E-state index is 0.0809. The number of halogens is 2. The number of carboxylic acids is 1. The molecule has 2 rings (SSSR count). The van der Waals surface area contributed by atoms with Gasteiger partial charge >= 0.3 is 5.97 Å². The highest BCUT2D eigenvalue weighted by molar-refractivity contribution is 6.31. The first-order chi connectivity index (χ1) is 22.2. The van der Waals surface area contributed by atoms with Gasteiger partial charge in [0.2, 0.25) is 23.8 Å². The minimum atomic E-state index is -2.25. The van der Waals surface area contributed by atoms with Crippen molar-refractivity contribution in [3.8, 4) is 0 Å². The molecule has 19 heteroatoms. The van der Waals surface area contributed by atoms with Crippen LogP contribution in [0.1, 0.15) is 25.7 Å². The molecule has 0 aliphatic carbocycles. The van der Waals surface area contributed by atoms with Crippen molar-refractivity contribution < 1.29 is 35.1 Å². The van der Waals surface area contributed by atoms with Crippen molar-refractivity contribution in [3.63, 3.8) is 0 Å². The molecule has 258 valence electrons. The number of aldehydes is 1. The molecule has 0 bridgehead atoms. The number of carbonyl (C=O) groups is 2. The van der Waals surface area contributed by atoms with Crippen LogP contribution in [0.25, 0.3) is 0 Å². The molecule has 0 amide bonds. The summed E-state index contributed by atoms with van der Waals surface area (Å²) in [5, 5.41) is 50.3. The molecule has 4 atom stereocenters. The molecule has 2 aromatic rings. The second-order valence-electron chi connectivity index (χ2n) is 9.54. The Hall–Kier alpha value is -4.52. The number of unbranched alkanes of at least 4 members (excludes halogenated alkanes) is 3. The summed E-state index contributed by atoms with van der Waals surface area (Å²) >= 11 is 11.7. The lowest BCUT2D eigenvalue weighted by Gasteiger charge is -2.21. The molecule has 0 aromatic heterocycles. The number of nitrogens with one attached hydrogen (secondary N) is 2. The number of rotatable bonds is 14. The van der Waals surface area contributed by atoms with Crippen molar-refractivity contribution in [3.05, 3.63) is 58.6 Å². The van der Waals surface area contributed by atoms with E-state index in [0.29, 0.717) is 23.1 Å². The molecule has 0 saturated carbocycles. The Kier molecular flexibility index (Phi) is 19.0. The quantitative estimate of drug-likeness (QED) is 0.0538. The van der Waals surface area contributed by atoms with E-state index in [0.717, 1.165) is 37.1 Å². The zero-order chi connectivity index (χ0) is 35.4. The Bertz CT molecular complexity index is 1290. The van der Waals surface area contributed by atoms with E-state index >= 15 is 0 Å². The number of carbonyl (C=O) groups excluding carboxylic acids is 1. The number of aliphatic hydroxyl groups is 4. The van der Waals surface area contributed by atoms with E-state index < -0.39 is 30.4 Å². The third-order valence-electron chi connectivity index (χ3n) is 5.73. The summed E-state index contributed by atoms with van der Waals surface area (Å²) < 4.78 is 0. The summed E-state index contributed by atoms with van der Waals surface area (Å²) in [4.78, 5) is 36.4. The van der Waals surface area contributed by atoms with Crippen LogP contribution in [0.4, 0.5) is 11.4 Å². The van der Waals surface area contributed by atoms with E-state index in [-0.39, 0.29) is 30.1 Å². The second kappa shape index (κ2) is 22.1. The van der Waals surface area contributed by atoms with Crippen LogP contribution < -0.4 is 33.6 Å². The normalized spacial score (nSPS) is 15.0. The fourth-order valence-corrected chi connectivity index (χ4v) is 3.57. The molecule has 47 heavy (non-hydrogen) atoms. The summed E-state index contributed by atoms with van der Waals surface area (Å²) in [6, 6.07) is 14.1. The molecule has 15 N–H and O–H groups in total. The van der Waals surface area contributed by atoms with Crippen molar-refractivity contribution in [2.24, 2.45) is 42.9 Å². The van der Waals surface area contributed by atoms with Gasteiger partial charge in [-0.05, 0) is 61.4 Å². The number of carboxylic acid groups (broad SMARTS) is 1. The molecule has 2 aromatic carbocycles. The fraction of sp³-hybridized carbons (Fsp3) is 0.357. The van der Waals surface area contributed by atoms with Crippen molar-refractivity contribution >= 4 is 70.7 Å². The van der Waals surface area contributed by atoms with Crippen molar-refractivity contribution in [1.82, 2.24) is 0 Å². The second-order valence-corrected chi connectivity index (χ2v) is 10.4. The lowest BCUT2D eigenvalue weighted by atomic mass is 10.0. The third-order valence-corrected chi connectivity index (χ3v) is 6.24. The van der Waals surface area contributed by atoms with E-state index in [1.54, 1.807) is 48.5 Å². The Labute approximate surface area is 280 Å². The van der Waals surface area contributed by atoms with E-state index in [1.165, 1.54) is 0 Å². The van der Waals surface area contributed by atoms with Gasteiger partial charge in [-0.2, -0.15) is 9.98 Å². The molecule has 0 aliphatic rings. The predicted molar refractivity (Wildman–Crippen MR) is 183 cm³/mol. The summed E-state index contributed by atoms with van der Waals surface area (Å²) in [7, 11) is 0. The van der Waals surface area contributed by atoms with Gasteiger partial charge in [-0.15, -0.1) is 0 Å². The molecule has 0 aliphatic heterocycles. The average Bonchev–Trinajstić information content (AvgIpc) is 3.03. The lowest BCUT2D eigenvalue weighted by molar-refractivity contribution is -0.163. The summed E-state index contributed by atoms with van der Waals surface area (Å²) in [5.74, 6) is -1.20. The number of hydrogen-bond donors (Lipinski definition) is 11. The van der Waals surface area contributed by atoms with Crippen molar-refractivity contribution in [2.75, 3.05) is 23.7 Å². The summed E-state index contributed by atoms with van der Waals surface area (Å²) in [6.45, 7) is 1.12. The fourth-order valence-electron chi connectivity index (χ4n) is 3.32. The van der Waals surface area contributed by atoms with Gasteiger partial charge in [-0.25, -0.2) is 4.79 Å². The highest BCUT2D eigenvalue weighted by atomic mass is 35.5. The van der Waals surface area contributed by atoms with Gasteiger partial charge < -0.3 is 63.9 Å². The SMILES string of the molecule is NC(=NCCCCCCN=C(N)N=C(N)Nc1ccc(Cl)cc1)N=C(N)Nc1ccc(Cl)cc1.O=C[C@H](O)[C@@H](O)[C@H](O)[C@H](O)C(=O)O. The van der Waals surface area contributed by atoms with E-state index in [2.05, 4.69) is 30.6 Å². The molecule has 0 saturated heterocycles. The number of nitrogens with two attached hydrogens (primary N) is 4. The van der Waals surface area contributed by atoms with Gasteiger partial charge in [-0.1, -0.05) is 36.0 Å². The van der Waals surface area contributed by atoms with Gasteiger partial charge in [-0.3, -0.25) is 9.98 Å². The van der Waals surface area contributed by atoms with Crippen molar-refractivity contribution in [2.45, 2.75) is 50.1 Å². The maximum atomic E-state index is 10.1. The topological polar surface area (TPSA) is 313 Å². The Morgan fingerprint density at radius 2 is 1.09 bits per heavy atom. The maximum absolute atomic E-state index is 10.1. The zero-order valence-electron chi connectivity index (χ0n) is 25.2. The number of aliphatic imine (C=N–C) groups is 4. The standard InChI is InChI=1S/C22H30Cl2N10.C6H10O7/c23-15-5-9-17(10-6-15)31-21(27)33-19(25)29-13-3-1-2-4-14-30-20(26)34-22(28)32-18-11-7-16(24)8-12-18;7-1-2(8)3(9)4(10)5(11)6(12)13/h5-12H,1-4,13-14H2,(H5,25,27,29,31,33)(H5,26,28,30,32,34);1-5,8-11H,(H,12,13)/t;2-,3+,4-,5-/m.0/s1. The smallest absolute Gasteiger partial charge is 0.335 e. The van der Waals surface area contributed by atoms with Crippen molar-refractivity contribution in [1.29, 1.82) is 0 Å². The van der Waals surface area contributed by atoms with Gasteiger partial charge in [0, 0.05) is 34.5 Å². The minimum Gasteiger partial charge on any atom is -0.479 e. The first kappa shape index (κ1) is 40.5. The van der Waals surface area contributed by atoms with Crippen LogP contribution in [-0.2, 0) is 9.59 Å². The molecule has 0 heterocycles. The summed E-state index contributed by atoms with van der Waals surface area (Å²) in [5.41, 5.74) is 24.8. The van der Waals surface area contributed by atoms with Crippen LogP contribution >= 0.6 is 23.2 Å². The van der Waals surface area contributed by atoms with Crippen LogP contribution in [0, 0.1) is 0 Å². The highest BCUT2D eigenvalue weighted by Gasteiger charge is 2.34. The van der Waals surface area contributed by atoms with E-state index in [1.807, 2.05) is 0 Å². The lowest BCUT2D eigenvalue weighted by Crippen LogP contribution is -2.48. The Morgan fingerprint density at radius 1 is 0.702 bits per heavy atom. The number of anilines is 2. The monoisotopic (exact) mass is 698 g/mol. The molecule has 0 spiro atoms. The molecule has 0 radical (unpaired) electrons. The largest absolute Gasteiger partial charge is 0.479 e. The number of benzene rings is 2. The molecule has 0 unspecified atom stereocenters. The maximum Gasteiger partial charge on any atom is 0.335 e. The third kappa shape index (κ3) is 17.7. The first-order valence-electron chi connectivity index (χ1n) is 14.0. The van der Waals surface area contributed by atoms with Crippen LogP contribution in [0.2, 0.25) is 10.0 Å². The van der Waals surface area contributed by atoms with E-state index in [4.69, 9.17) is 71.7 Å². The Morgan fingerprint density at radius 3 is 1.43 bits per heavy atom. The van der Waals surface area contributed by atoms with E-state index in [9.17, 15) is 9.59 Å². The van der Waals surface area contributed by atoms with Crippen LogP contribution in [-0.4, -0.2) is 99.1 Å². The van der Waals surface area contributed by atoms with Crippen LogP contribution in [0.5, 0.6) is 0 Å². The molecule has 17 nitrogen and oxygen atoms in total. The predicted octanol–water partition coefficient (Wildman–Crippen LogP) is 0.0501. The molecule has 0 fully saturated rings. The number of aliphatic hydroxyl groups excluding tert-OH is 4. The first-order valence-corrected chi connectivity index (χ1v) is 14.7. The number of hydrogen-bond acceptors (Lipinski definition) is 8. The average molecular weight is 700 g/mol. The van der Waals surface area contributed by atoms with Crippen LogP contribution in [0.15, 0.2) is 68.5 Å². The summed E-state index contributed by atoms with van der Waals surface area (Å²) in [6.07, 6.45) is -4.71. The number of aliphatic carboxylic acids is 1. The Balaban J connectivity index is 0.000000716. The highest BCUT2D eigenvalue weighted by Crippen LogP contribution is 2.14.